The third-order valence-corrected chi connectivity index (χ3v) is 0. The molecule has 0 aliphatic heterocycles. The molecular formula is C4H13NaOSi. The van der Waals surface area contributed by atoms with E-state index in [-0.39, 0.29) is 35.0 Å². The summed E-state index contributed by atoms with van der Waals surface area (Å²) in [6.45, 7) is 9.31. The van der Waals surface area contributed by atoms with Crippen molar-refractivity contribution in [3.05, 3.63) is 0 Å². The van der Waals surface area contributed by atoms with E-state index in [1.54, 1.807) is 0 Å². The van der Waals surface area contributed by atoms with Crippen LogP contribution in [0.25, 0.3) is 0 Å². The summed E-state index contributed by atoms with van der Waals surface area (Å²) in [5.74, 6) is 0. The van der Waals surface area contributed by atoms with Crippen LogP contribution < -0.4 is 29.6 Å². The first-order valence-corrected chi connectivity index (χ1v) is 6.00. The van der Waals surface area contributed by atoms with Gasteiger partial charge in [0.25, 0.3) is 0 Å². The zero-order valence-electron chi connectivity index (χ0n) is 5.95. The van der Waals surface area contributed by atoms with Gasteiger partial charge in [-0.15, -0.1) is 0 Å². The minimum atomic E-state index is -0.611. The number of hydrogen-bond acceptors (Lipinski definition) is 1. The van der Waals surface area contributed by atoms with Crippen molar-refractivity contribution < 1.29 is 35.0 Å². The number of hydrogen-bond donors (Lipinski definition) is 0. The van der Waals surface area contributed by atoms with E-state index in [0.717, 1.165) is 0 Å². The van der Waals surface area contributed by atoms with Crippen LogP contribution in [0.3, 0.4) is 0 Å². The first-order valence-electron chi connectivity index (χ1n) is 2.00. The topological polar surface area (TPSA) is 30.0 Å². The van der Waals surface area contributed by atoms with Gasteiger partial charge in [-0.25, -0.2) is 0 Å². The Labute approximate surface area is 69.1 Å². The Morgan fingerprint density at radius 1 is 0.857 bits per heavy atom. The molecule has 40 valence electrons. The van der Waals surface area contributed by atoms with E-state index >= 15 is 0 Å². The molecular weight excluding hydrogens is 115 g/mol. The van der Waals surface area contributed by atoms with Crippen LogP contribution in [-0.4, -0.2) is 13.6 Å². The van der Waals surface area contributed by atoms with Gasteiger partial charge in [-0.05, 0) is 0 Å². The summed E-state index contributed by atoms with van der Waals surface area (Å²) in [7, 11) is -0.611. The molecule has 0 aliphatic rings. The quantitative estimate of drug-likeness (QED) is 0.376. The first-order chi connectivity index (χ1) is 2.00. The minimum absolute atomic E-state index is 0. The predicted octanol–water partition coefficient (Wildman–Crippen LogP) is -1.22. The molecule has 0 unspecified atom stereocenters. The van der Waals surface area contributed by atoms with Gasteiger partial charge < -0.3 is 5.48 Å². The summed E-state index contributed by atoms with van der Waals surface area (Å²) < 4.78 is 0. The molecule has 7 heavy (non-hydrogen) atoms. The van der Waals surface area contributed by atoms with E-state index in [1.807, 2.05) is 0 Å². The maximum absolute atomic E-state index is 2.33. The average molecular weight is 128 g/mol. The summed E-state index contributed by atoms with van der Waals surface area (Å²) in [5, 5.41) is 0. The average Bonchev–Trinajstić information content (AvgIpc) is 0.722. The normalized spacial score (nSPS) is 8.57. The van der Waals surface area contributed by atoms with E-state index in [4.69, 9.17) is 0 Å². The van der Waals surface area contributed by atoms with Gasteiger partial charge in [0.2, 0.25) is 0 Å². The summed E-state index contributed by atoms with van der Waals surface area (Å²) in [6.07, 6.45) is 0. The predicted molar refractivity (Wildman–Crippen MR) is 31.1 cm³/mol. The molecule has 3 heteroatoms. The van der Waals surface area contributed by atoms with Crippen molar-refractivity contribution >= 4 is 8.07 Å². The molecule has 0 atom stereocenters. The standard InChI is InChI=1S/C4H12Si.Na.H2O/c1-5(2,3)4;;/h1-4H3;;1H2/q;+1;/p-1. The smallest absolute Gasteiger partial charge is 0.870 e. The van der Waals surface area contributed by atoms with Gasteiger partial charge in [0.1, 0.15) is 0 Å². The van der Waals surface area contributed by atoms with Crippen molar-refractivity contribution in [3.8, 4) is 0 Å². The molecule has 0 saturated heterocycles. The second kappa shape index (κ2) is 5.32. The molecule has 0 heterocycles. The Balaban J connectivity index is -0.0000000800. The summed E-state index contributed by atoms with van der Waals surface area (Å²) in [4.78, 5) is 0. The summed E-state index contributed by atoms with van der Waals surface area (Å²) in [6, 6.07) is 0. The van der Waals surface area contributed by atoms with Gasteiger partial charge in [0, 0.05) is 8.07 Å². The Morgan fingerprint density at radius 2 is 0.857 bits per heavy atom. The SMILES string of the molecule is C[Si](C)(C)C.[Na+].[OH-]. The second-order valence-electron chi connectivity index (χ2n) is 3.00. The fourth-order valence-corrected chi connectivity index (χ4v) is 0. The van der Waals surface area contributed by atoms with Crippen molar-refractivity contribution in [3.63, 3.8) is 0 Å². The van der Waals surface area contributed by atoms with Crippen LogP contribution in [0.15, 0.2) is 0 Å². The molecule has 0 saturated carbocycles. The Hall–Kier alpha value is 1.18. The molecule has 1 N–H and O–H groups in total. The third-order valence-electron chi connectivity index (χ3n) is 0. The first kappa shape index (κ1) is 15.7. The third kappa shape index (κ3) is 139. The van der Waals surface area contributed by atoms with Gasteiger partial charge in [0.15, 0.2) is 0 Å². The maximum atomic E-state index is 2.33. The van der Waals surface area contributed by atoms with Gasteiger partial charge in [-0.2, -0.15) is 0 Å². The molecule has 0 aliphatic carbocycles. The molecule has 0 amide bonds. The zero-order valence-corrected chi connectivity index (χ0v) is 8.95. The Morgan fingerprint density at radius 3 is 0.857 bits per heavy atom. The number of rotatable bonds is 0. The van der Waals surface area contributed by atoms with Crippen molar-refractivity contribution in [2.45, 2.75) is 26.2 Å². The zero-order chi connectivity index (χ0) is 4.50. The van der Waals surface area contributed by atoms with E-state index in [9.17, 15) is 0 Å². The van der Waals surface area contributed by atoms with Gasteiger partial charge in [0.05, 0.1) is 0 Å². The maximum Gasteiger partial charge on any atom is 1.00 e. The summed E-state index contributed by atoms with van der Waals surface area (Å²) >= 11 is 0. The second-order valence-corrected chi connectivity index (χ2v) is 9.00. The monoisotopic (exact) mass is 128 g/mol. The van der Waals surface area contributed by atoms with E-state index in [1.165, 1.54) is 0 Å². The van der Waals surface area contributed by atoms with Crippen molar-refractivity contribution in [1.82, 2.24) is 0 Å². The van der Waals surface area contributed by atoms with Crippen LogP contribution in [0.1, 0.15) is 0 Å². The molecule has 1 nitrogen and oxygen atoms in total. The fraction of sp³-hybridized carbons (Fsp3) is 1.00. The van der Waals surface area contributed by atoms with Gasteiger partial charge >= 0.3 is 29.6 Å². The molecule has 0 radical (unpaired) electrons. The summed E-state index contributed by atoms with van der Waals surface area (Å²) in [5.41, 5.74) is 0. The van der Waals surface area contributed by atoms with Crippen molar-refractivity contribution in [2.24, 2.45) is 0 Å². The van der Waals surface area contributed by atoms with Gasteiger partial charge in [-0.3, -0.25) is 0 Å². The van der Waals surface area contributed by atoms with Crippen LogP contribution in [0.2, 0.25) is 26.2 Å². The molecule has 0 aromatic carbocycles. The van der Waals surface area contributed by atoms with Crippen LogP contribution in [-0.2, 0) is 0 Å². The molecule has 0 bridgehead atoms. The van der Waals surface area contributed by atoms with Crippen LogP contribution >= 0.6 is 0 Å². The van der Waals surface area contributed by atoms with Gasteiger partial charge in [-0.1, -0.05) is 26.2 Å². The van der Waals surface area contributed by atoms with Crippen LogP contribution in [0.4, 0.5) is 0 Å². The van der Waals surface area contributed by atoms with Crippen LogP contribution in [0.5, 0.6) is 0 Å². The van der Waals surface area contributed by atoms with E-state index in [0.29, 0.717) is 0 Å². The minimum Gasteiger partial charge on any atom is -0.870 e. The molecule has 0 spiro atoms. The Bertz CT molecular complexity index is 27.2. The van der Waals surface area contributed by atoms with Crippen LogP contribution in [0, 0.1) is 0 Å². The molecule has 0 aromatic heterocycles. The molecule has 0 aromatic rings. The fourth-order valence-electron chi connectivity index (χ4n) is 0. The molecule has 0 rings (SSSR count). The van der Waals surface area contributed by atoms with Crippen molar-refractivity contribution in [2.75, 3.05) is 0 Å². The van der Waals surface area contributed by atoms with E-state index in [2.05, 4.69) is 26.2 Å². The largest absolute Gasteiger partial charge is 1.00 e. The Kier molecular flexibility index (Phi) is 11.9. The van der Waals surface area contributed by atoms with Crippen molar-refractivity contribution in [1.29, 1.82) is 0 Å². The van der Waals surface area contributed by atoms with E-state index < -0.39 is 8.07 Å². The molecule has 0 fully saturated rings.